The summed E-state index contributed by atoms with van der Waals surface area (Å²) in [5.74, 6) is 0. The highest BCUT2D eigenvalue weighted by Crippen LogP contribution is 2.11. The summed E-state index contributed by atoms with van der Waals surface area (Å²) in [5.41, 5.74) is 2.84. The molecule has 2 aromatic rings. The minimum Gasteiger partial charge on any atom is -0.314 e. The number of nitrogens with one attached hydrogen (secondary N) is 2. The molecule has 4 nitrogen and oxygen atoms in total. The molecule has 0 saturated carbocycles. The van der Waals surface area contributed by atoms with Gasteiger partial charge < -0.3 is 10.6 Å². The van der Waals surface area contributed by atoms with E-state index in [1.165, 1.54) is 37.3 Å². The van der Waals surface area contributed by atoms with E-state index in [4.69, 9.17) is 0 Å². The van der Waals surface area contributed by atoms with Crippen LogP contribution in [0.4, 0.5) is 0 Å². The van der Waals surface area contributed by atoms with Crippen molar-refractivity contribution in [3.05, 3.63) is 71.8 Å². The quantitative estimate of drug-likeness (QED) is 0.883. The molecule has 0 atom stereocenters. The van der Waals surface area contributed by atoms with E-state index in [-0.39, 0.29) is 0 Å². The van der Waals surface area contributed by atoms with Crippen molar-refractivity contribution in [2.75, 3.05) is 52.4 Å². The average Bonchev–Trinajstić information content (AvgIpc) is 2.73. The third-order valence-electron chi connectivity index (χ3n) is 4.92. The predicted molar refractivity (Wildman–Crippen MR) is 109 cm³/mol. The van der Waals surface area contributed by atoms with Gasteiger partial charge in [0.05, 0.1) is 0 Å². The Kier molecular flexibility index (Phi) is 8.13. The molecule has 0 spiro atoms. The Balaban J connectivity index is 0.000000278. The maximum atomic E-state index is 3.22. The lowest BCUT2D eigenvalue weighted by molar-refractivity contribution is 0.122. The van der Waals surface area contributed by atoms with E-state index in [1.807, 2.05) is 0 Å². The van der Waals surface area contributed by atoms with Gasteiger partial charge in [-0.15, -0.1) is 0 Å². The second-order valence-corrected chi connectivity index (χ2v) is 7.02. The molecule has 4 heteroatoms. The molecule has 2 aliphatic heterocycles. The normalized spacial score (nSPS) is 18.8. The Morgan fingerprint density at radius 3 is 1.19 bits per heavy atom. The molecule has 4 rings (SSSR count). The molecule has 2 aromatic carbocycles. The first kappa shape index (κ1) is 19.1. The third kappa shape index (κ3) is 6.89. The molecular formula is C22H32N4. The van der Waals surface area contributed by atoms with Gasteiger partial charge in [0, 0.05) is 65.4 Å². The van der Waals surface area contributed by atoms with Crippen molar-refractivity contribution < 1.29 is 0 Å². The maximum Gasteiger partial charge on any atom is 0.0234 e. The number of nitrogens with zero attached hydrogens (tertiary/aromatic N) is 2. The molecule has 0 bridgehead atoms. The molecule has 0 radical (unpaired) electrons. The van der Waals surface area contributed by atoms with E-state index in [0.29, 0.717) is 0 Å². The summed E-state index contributed by atoms with van der Waals surface area (Å²) in [6.07, 6.45) is 0. The number of piperazine rings is 2. The highest BCUT2D eigenvalue weighted by atomic mass is 15.3. The van der Waals surface area contributed by atoms with Crippen LogP contribution in [-0.2, 0) is 13.1 Å². The summed E-state index contributed by atoms with van der Waals surface area (Å²) < 4.78 is 0. The topological polar surface area (TPSA) is 30.5 Å². The Morgan fingerprint density at radius 2 is 0.885 bits per heavy atom. The van der Waals surface area contributed by atoms with Crippen LogP contribution in [0, 0.1) is 0 Å². The summed E-state index contributed by atoms with van der Waals surface area (Å²) in [7, 11) is 0. The Hall–Kier alpha value is -1.72. The van der Waals surface area contributed by atoms with Gasteiger partial charge in [-0.3, -0.25) is 9.80 Å². The molecule has 0 aliphatic carbocycles. The van der Waals surface area contributed by atoms with Crippen molar-refractivity contribution in [1.29, 1.82) is 0 Å². The molecule has 0 aromatic heterocycles. The lowest BCUT2D eigenvalue weighted by atomic mass is 10.1. The van der Waals surface area contributed by atoms with Crippen molar-refractivity contribution in [1.82, 2.24) is 20.4 Å². The molecule has 2 N–H and O–H groups in total. The van der Waals surface area contributed by atoms with E-state index in [2.05, 4.69) is 81.1 Å². The van der Waals surface area contributed by atoms with Crippen molar-refractivity contribution in [3.8, 4) is 0 Å². The maximum absolute atomic E-state index is 3.22. The Labute approximate surface area is 158 Å². The van der Waals surface area contributed by atoms with Crippen LogP contribution in [-0.4, -0.2) is 62.2 Å². The summed E-state index contributed by atoms with van der Waals surface area (Å²) in [6, 6.07) is 21.5. The van der Waals surface area contributed by atoms with Gasteiger partial charge in [0.1, 0.15) is 0 Å². The summed E-state index contributed by atoms with van der Waals surface area (Å²) in [6.45, 7) is 11.4. The number of hydrogen-bond acceptors (Lipinski definition) is 4. The van der Waals surface area contributed by atoms with Gasteiger partial charge in [-0.05, 0) is 11.1 Å². The van der Waals surface area contributed by atoms with Crippen LogP contribution in [0.2, 0.25) is 0 Å². The SMILES string of the molecule is C1CNCCN1.c1ccc(CN2CCN(Cc3ccccc3)CC2)cc1. The van der Waals surface area contributed by atoms with Crippen LogP contribution >= 0.6 is 0 Å². The zero-order chi connectivity index (χ0) is 17.9. The molecular weight excluding hydrogens is 320 g/mol. The fourth-order valence-electron chi connectivity index (χ4n) is 3.39. The predicted octanol–water partition coefficient (Wildman–Crippen LogP) is 2.18. The van der Waals surface area contributed by atoms with Crippen molar-refractivity contribution in [2.24, 2.45) is 0 Å². The standard InChI is InChI=1S/C18H22N2.C4H10N2/c1-3-7-17(8-4-1)15-19-11-13-20(14-12-19)16-18-9-5-2-6-10-18;1-2-6-4-3-5-1/h1-10H,11-16H2;5-6H,1-4H2. The molecule has 0 amide bonds. The first-order valence-corrected chi connectivity index (χ1v) is 9.84. The van der Waals surface area contributed by atoms with Gasteiger partial charge in [0.25, 0.3) is 0 Å². The molecule has 2 heterocycles. The zero-order valence-corrected chi connectivity index (χ0v) is 15.7. The lowest BCUT2D eigenvalue weighted by Gasteiger charge is -2.34. The van der Waals surface area contributed by atoms with Gasteiger partial charge in [0.15, 0.2) is 0 Å². The summed E-state index contributed by atoms with van der Waals surface area (Å²) >= 11 is 0. The second kappa shape index (κ2) is 11.1. The number of benzene rings is 2. The monoisotopic (exact) mass is 352 g/mol. The van der Waals surface area contributed by atoms with Crippen LogP contribution in [0.5, 0.6) is 0 Å². The van der Waals surface area contributed by atoms with Gasteiger partial charge in [-0.25, -0.2) is 0 Å². The van der Waals surface area contributed by atoms with E-state index < -0.39 is 0 Å². The van der Waals surface area contributed by atoms with Crippen molar-refractivity contribution >= 4 is 0 Å². The minimum absolute atomic E-state index is 1.08. The van der Waals surface area contributed by atoms with Crippen LogP contribution in [0.1, 0.15) is 11.1 Å². The first-order chi connectivity index (χ1) is 12.9. The second-order valence-electron chi connectivity index (χ2n) is 7.02. The molecule has 26 heavy (non-hydrogen) atoms. The number of rotatable bonds is 4. The lowest BCUT2D eigenvalue weighted by Crippen LogP contribution is -2.45. The summed E-state index contributed by atoms with van der Waals surface area (Å²) in [4.78, 5) is 5.10. The highest BCUT2D eigenvalue weighted by Gasteiger charge is 2.16. The Bertz CT molecular complexity index is 529. The average molecular weight is 353 g/mol. The molecule has 2 saturated heterocycles. The van der Waals surface area contributed by atoms with E-state index >= 15 is 0 Å². The highest BCUT2D eigenvalue weighted by molar-refractivity contribution is 5.15. The van der Waals surface area contributed by atoms with Crippen LogP contribution in [0.15, 0.2) is 60.7 Å². The van der Waals surface area contributed by atoms with Crippen molar-refractivity contribution in [2.45, 2.75) is 13.1 Å². The van der Waals surface area contributed by atoms with Crippen LogP contribution in [0.3, 0.4) is 0 Å². The molecule has 140 valence electrons. The number of hydrogen-bond donors (Lipinski definition) is 2. The molecule has 2 fully saturated rings. The van der Waals surface area contributed by atoms with E-state index in [9.17, 15) is 0 Å². The fraction of sp³-hybridized carbons (Fsp3) is 0.455. The van der Waals surface area contributed by atoms with Gasteiger partial charge in [-0.2, -0.15) is 0 Å². The third-order valence-corrected chi connectivity index (χ3v) is 4.92. The molecule has 0 unspecified atom stereocenters. The summed E-state index contributed by atoms with van der Waals surface area (Å²) in [5, 5.41) is 6.44. The van der Waals surface area contributed by atoms with Crippen molar-refractivity contribution in [3.63, 3.8) is 0 Å². The molecule has 2 aliphatic rings. The van der Waals surface area contributed by atoms with E-state index in [0.717, 1.165) is 39.3 Å². The largest absolute Gasteiger partial charge is 0.314 e. The van der Waals surface area contributed by atoms with Gasteiger partial charge >= 0.3 is 0 Å². The first-order valence-electron chi connectivity index (χ1n) is 9.84. The smallest absolute Gasteiger partial charge is 0.0234 e. The zero-order valence-electron chi connectivity index (χ0n) is 15.7. The van der Waals surface area contributed by atoms with Crippen LogP contribution in [0.25, 0.3) is 0 Å². The van der Waals surface area contributed by atoms with Crippen LogP contribution < -0.4 is 10.6 Å². The van der Waals surface area contributed by atoms with Gasteiger partial charge in [-0.1, -0.05) is 60.7 Å². The minimum atomic E-state index is 1.08. The fourth-order valence-corrected chi connectivity index (χ4v) is 3.39. The Morgan fingerprint density at radius 1 is 0.538 bits per heavy atom. The van der Waals surface area contributed by atoms with E-state index in [1.54, 1.807) is 0 Å². The van der Waals surface area contributed by atoms with Gasteiger partial charge in [0.2, 0.25) is 0 Å².